The predicted octanol–water partition coefficient (Wildman–Crippen LogP) is 1.83. The van der Waals surface area contributed by atoms with Crippen LogP contribution in [0.2, 0.25) is 0 Å². The monoisotopic (exact) mass is 260 g/mol. The Morgan fingerprint density at radius 2 is 2.21 bits per heavy atom. The minimum Gasteiger partial charge on any atom is -0.486 e. The lowest BCUT2D eigenvalue weighted by Gasteiger charge is -2.24. The zero-order valence-corrected chi connectivity index (χ0v) is 10.9. The molecule has 1 aliphatic rings. The van der Waals surface area contributed by atoms with Crippen molar-refractivity contribution in [2.75, 3.05) is 26.3 Å². The maximum atomic E-state index is 12.4. The van der Waals surface area contributed by atoms with Gasteiger partial charge in [0.2, 0.25) is 0 Å². The highest BCUT2D eigenvalue weighted by molar-refractivity contribution is 5.97. The molecular weight excluding hydrogens is 244 g/mol. The van der Waals surface area contributed by atoms with E-state index < -0.39 is 0 Å². The van der Waals surface area contributed by atoms with Gasteiger partial charge in [-0.15, -0.1) is 0 Å². The molecule has 0 saturated carbocycles. The van der Waals surface area contributed by atoms with Crippen LogP contribution in [0.15, 0.2) is 18.2 Å². The second kappa shape index (κ2) is 6.10. The fraction of sp³-hybridized carbons (Fsp3) is 0.429. The molecule has 0 saturated heterocycles. The summed E-state index contributed by atoms with van der Waals surface area (Å²) in [6, 6.07) is 7.34. The van der Waals surface area contributed by atoms with Crippen molar-refractivity contribution >= 4 is 5.91 Å². The first-order valence-corrected chi connectivity index (χ1v) is 6.32. The number of rotatable bonds is 4. The average molecular weight is 260 g/mol. The van der Waals surface area contributed by atoms with Crippen LogP contribution in [-0.4, -0.2) is 37.1 Å². The van der Waals surface area contributed by atoms with E-state index in [0.29, 0.717) is 49.8 Å². The van der Waals surface area contributed by atoms with Gasteiger partial charge in [0.1, 0.15) is 13.2 Å². The van der Waals surface area contributed by atoms with Gasteiger partial charge in [0.05, 0.1) is 18.1 Å². The van der Waals surface area contributed by atoms with Crippen LogP contribution in [0.4, 0.5) is 0 Å². The summed E-state index contributed by atoms with van der Waals surface area (Å²) in [7, 11) is 0. The van der Waals surface area contributed by atoms with Crippen LogP contribution in [0.25, 0.3) is 0 Å². The first kappa shape index (κ1) is 13.2. The summed E-state index contributed by atoms with van der Waals surface area (Å²) in [6.07, 6.45) is 0.325. The Hall–Kier alpha value is -2.22. The number of hydrogen-bond acceptors (Lipinski definition) is 4. The zero-order valence-electron chi connectivity index (χ0n) is 10.9. The van der Waals surface area contributed by atoms with Crippen molar-refractivity contribution < 1.29 is 14.3 Å². The van der Waals surface area contributed by atoms with Crippen molar-refractivity contribution in [1.29, 1.82) is 5.26 Å². The van der Waals surface area contributed by atoms with Gasteiger partial charge in [-0.25, -0.2) is 0 Å². The Kier molecular flexibility index (Phi) is 4.24. The number of nitriles is 1. The van der Waals surface area contributed by atoms with E-state index in [2.05, 4.69) is 6.07 Å². The van der Waals surface area contributed by atoms with Gasteiger partial charge < -0.3 is 14.4 Å². The second-order valence-corrected chi connectivity index (χ2v) is 4.12. The molecule has 0 aliphatic carbocycles. The Balaban J connectivity index is 2.25. The van der Waals surface area contributed by atoms with Crippen molar-refractivity contribution in [2.45, 2.75) is 13.3 Å². The lowest BCUT2D eigenvalue weighted by Crippen LogP contribution is -2.32. The fourth-order valence-electron chi connectivity index (χ4n) is 2.00. The summed E-state index contributed by atoms with van der Waals surface area (Å²) in [6.45, 7) is 3.82. The highest BCUT2D eigenvalue weighted by Crippen LogP contribution is 2.34. The van der Waals surface area contributed by atoms with Gasteiger partial charge in [0, 0.05) is 13.1 Å². The number of nitrogens with zero attached hydrogens (tertiary/aromatic N) is 2. The van der Waals surface area contributed by atoms with Crippen LogP contribution in [0.1, 0.15) is 23.7 Å². The molecule has 19 heavy (non-hydrogen) atoms. The Morgan fingerprint density at radius 3 is 2.95 bits per heavy atom. The summed E-state index contributed by atoms with van der Waals surface area (Å²) < 4.78 is 11.0. The van der Waals surface area contributed by atoms with Crippen LogP contribution in [0.3, 0.4) is 0 Å². The maximum Gasteiger partial charge on any atom is 0.257 e. The van der Waals surface area contributed by atoms with E-state index in [0.717, 1.165) is 0 Å². The quantitative estimate of drug-likeness (QED) is 0.828. The smallest absolute Gasteiger partial charge is 0.257 e. The number of para-hydroxylation sites is 1. The van der Waals surface area contributed by atoms with Crippen LogP contribution in [-0.2, 0) is 0 Å². The predicted molar refractivity (Wildman–Crippen MR) is 69.2 cm³/mol. The Morgan fingerprint density at radius 1 is 1.42 bits per heavy atom. The lowest BCUT2D eigenvalue weighted by atomic mass is 10.1. The lowest BCUT2D eigenvalue weighted by molar-refractivity contribution is 0.0757. The minimum atomic E-state index is -0.125. The van der Waals surface area contributed by atoms with Gasteiger partial charge in [-0.2, -0.15) is 5.26 Å². The number of fused-ring (bicyclic) bond motifs is 1. The first-order chi connectivity index (χ1) is 9.27. The van der Waals surface area contributed by atoms with E-state index in [1.165, 1.54) is 0 Å². The van der Waals surface area contributed by atoms with Crippen molar-refractivity contribution in [3.63, 3.8) is 0 Å². The van der Waals surface area contributed by atoms with E-state index in [4.69, 9.17) is 14.7 Å². The molecule has 0 spiro atoms. The molecule has 0 aromatic heterocycles. The van der Waals surface area contributed by atoms with Crippen molar-refractivity contribution in [2.24, 2.45) is 0 Å². The normalized spacial score (nSPS) is 12.6. The standard InChI is InChI=1S/C14H16N2O3/c1-2-16(8-4-7-15)14(17)11-5-3-6-12-13(11)19-10-9-18-12/h3,5-6H,2,4,8-10H2,1H3. The molecule has 5 nitrogen and oxygen atoms in total. The highest BCUT2D eigenvalue weighted by atomic mass is 16.6. The number of amides is 1. The van der Waals surface area contributed by atoms with Gasteiger partial charge in [-0.05, 0) is 19.1 Å². The third-order valence-corrected chi connectivity index (χ3v) is 2.96. The van der Waals surface area contributed by atoms with Crippen molar-refractivity contribution in [3.05, 3.63) is 23.8 Å². The van der Waals surface area contributed by atoms with Gasteiger partial charge in [0.15, 0.2) is 11.5 Å². The van der Waals surface area contributed by atoms with Crippen LogP contribution in [0, 0.1) is 11.3 Å². The average Bonchev–Trinajstić information content (AvgIpc) is 2.47. The number of carbonyl (C=O) groups is 1. The first-order valence-electron chi connectivity index (χ1n) is 6.32. The van der Waals surface area contributed by atoms with Crippen LogP contribution >= 0.6 is 0 Å². The summed E-state index contributed by atoms with van der Waals surface area (Å²) in [5.41, 5.74) is 0.497. The van der Waals surface area contributed by atoms with Gasteiger partial charge in [-0.3, -0.25) is 4.79 Å². The van der Waals surface area contributed by atoms with Gasteiger partial charge in [0.25, 0.3) is 5.91 Å². The minimum absolute atomic E-state index is 0.125. The fourth-order valence-corrected chi connectivity index (χ4v) is 2.00. The molecule has 0 bridgehead atoms. The van der Waals surface area contributed by atoms with Crippen molar-refractivity contribution in [3.8, 4) is 17.6 Å². The van der Waals surface area contributed by atoms with E-state index in [-0.39, 0.29) is 5.91 Å². The van der Waals surface area contributed by atoms with Crippen molar-refractivity contribution in [1.82, 2.24) is 4.90 Å². The molecule has 1 heterocycles. The maximum absolute atomic E-state index is 12.4. The summed E-state index contributed by atoms with van der Waals surface area (Å²) in [4.78, 5) is 14.1. The van der Waals surface area contributed by atoms with E-state index in [9.17, 15) is 4.79 Å². The summed E-state index contributed by atoms with van der Waals surface area (Å²) in [5, 5.41) is 8.62. The third-order valence-electron chi connectivity index (χ3n) is 2.96. The molecule has 1 aliphatic heterocycles. The van der Waals surface area contributed by atoms with Crippen LogP contribution < -0.4 is 9.47 Å². The highest BCUT2D eigenvalue weighted by Gasteiger charge is 2.23. The molecule has 0 N–H and O–H groups in total. The van der Waals surface area contributed by atoms with Gasteiger partial charge >= 0.3 is 0 Å². The third kappa shape index (κ3) is 2.79. The summed E-state index contributed by atoms with van der Waals surface area (Å²) in [5.74, 6) is 0.989. The number of benzene rings is 1. The van der Waals surface area contributed by atoms with Crippen LogP contribution in [0.5, 0.6) is 11.5 Å². The SMILES string of the molecule is CCN(CCC#N)C(=O)c1cccc2c1OCCO2. The largest absolute Gasteiger partial charge is 0.486 e. The molecule has 0 unspecified atom stereocenters. The Bertz CT molecular complexity index is 508. The molecule has 1 aromatic carbocycles. The Labute approximate surface area is 112 Å². The molecule has 0 radical (unpaired) electrons. The molecule has 1 amide bonds. The molecular formula is C14H16N2O3. The van der Waals surface area contributed by atoms with E-state index in [1.54, 1.807) is 23.1 Å². The molecule has 0 atom stereocenters. The number of hydrogen-bond donors (Lipinski definition) is 0. The molecule has 5 heteroatoms. The second-order valence-electron chi connectivity index (χ2n) is 4.12. The van der Waals surface area contributed by atoms with E-state index in [1.807, 2.05) is 6.92 Å². The number of carbonyl (C=O) groups excluding carboxylic acids is 1. The topological polar surface area (TPSA) is 62.6 Å². The number of ether oxygens (including phenoxy) is 2. The molecule has 1 aromatic rings. The molecule has 100 valence electrons. The zero-order chi connectivity index (χ0) is 13.7. The van der Waals surface area contributed by atoms with E-state index >= 15 is 0 Å². The molecule has 2 rings (SSSR count). The summed E-state index contributed by atoms with van der Waals surface area (Å²) >= 11 is 0. The van der Waals surface area contributed by atoms with Gasteiger partial charge in [-0.1, -0.05) is 6.07 Å². The molecule has 0 fully saturated rings.